The second-order valence-electron chi connectivity index (χ2n) is 3.51. The minimum absolute atomic E-state index is 0.0974. The zero-order valence-electron chi connectivity index (χ0n) is 8.69. The zero-order valence-corrected chi connectivity index (χ0v) is 9.51. The van der Waals surface area contributed by atoms with Crippen LogP contribution in [-0.4, -0.2) is 58.4 Å². The third kappa shape index (κ3) is 3.20. The SMILES string of the molecule is COCCN([C@@H]1CCNC1)S(C)(=O)=O. The van der Waals surface area contributed by atoms with Crippen LogP contribution in [0.2, 0.25) is 0 Å². The normalized spacial score (nSPS) is 23.2. The van der Waals surface area contributed by atoms with Crippen molar-refractivity contribution in [3.8, 4) is 0 Å². The van der Waals surface area contributed by atoms with Crippen molar-refractivity contribution in [1.29, 1.82) is 0 Å². The van der Waals surface area contributed by atoms with E-state index in [9.17, 15) is 8.42 Å². The van der Waals surface area contributed by atoms with Crippen LogP contribution in [0.4, 0.5) is 0 Å². The minimum Gasteiger partial charge on any atom is -0.383 e. The molecule has 0 aromatic carbocycles. The number of nitrogens with zero attached hydrogens (tertiary/aromatic N) is 1. The van der Waals surface area contributed by atoms with Crippen molar-refractivity contribution in [3.05, 3.63) is 0 Å². The number of ether oxygens (including phenoxy) is 1. The van der Waals surface area contributed by atoms with E-state index >= 15 is 0 Å². The van der Waals surface area contributed by atoms with E-state index in [0.717, 1.165) is 19.5 Å². The molecule has 0 amide bonds. The molecule has 1 fully saturated rings. The average Bonchev–Trinajstić information content (AvgIpc) is 2.55. The topological polar surface area (TPSA) is 58.6 Å². The van der Waals surface area contributed by atoms with Gasteiger partial charge in [-0.3, -0.25) is 0 Å². The number of hydrogen-bond donors (Lipinski definition) is 1. The van der Waals surface area contributed by atoms with Gasteiger partial charge in [0, 0.05) is 26.2 Å². The Balaban J connectivity index is 2.61. The summed E-state index contributed by atoms with van der Waals surface area (Å²) in [5.74, 6) is 0. The molecular formula is C8H18N2O3S. The maximum atomic E-state index is 11.5. The molecule has 0 aromatic heterocycles. The molecule has 84 valence electrons. The molecule has 1 heterocycles. The van der Waals surface area contributed by atoms with Crippen LogP contribution in [0.25, 0.3) is 0 Å². The zero-order chi connectivity index (χ0) is 10.6. The summed E-state index contributed by atoms with van der Waals surface area (Å²) in [6, 6.07) is 0.0974. The third-order valence-electron chi connectivity index (χ3n) is 2.38. The summed E-state index contributed by atoms with van der Waals surface area (Å²) in [4.78, 5) is 0. The van der Waals surface area contributed by atoms with Crippen molar-refractivity contribution < 1.29 is 13.2 Å². The average molecular weight is 222 g/mol. The highest BCUT2D eigenvalue weighted by Crippen LogP contribution is 2.11. The smallest absolute Gasteiger partial charge is 0.211 e. The molecular weight excluding hydrogens is 204 g/mol. The van der Waals surface area contributed by atoms with Crippen molar-refractivity contribution in [2.75, 3.05) is 39.6 Å². The van der Waals surface area contributed by atoms with Crippen LogP contribution in [0.3, 0.4) is 0 Å². The predicted octanol–water partition coefficient (Wildman–Crippen LogP) is -0.744. The van der Waals surface area contributed by atoms with Gasteiger partial charge in [-0.15, -0.1) is 0 Å². The van der Waals surface area contributed by atoms with E-state index in [1.54, 1.807) is 7.11 Å². The van der Waals surface area contributed by atoms with E-state index in [0.29, 0.717) is 13.2 Å². The van der Waals surface area contributed by atoms with Gasteiger partial charge in [-0.2, -0.15) is 4.31 Å². The fourth-order valence-corrected chi connectivity index (χ4v) is 2.81. The lowest BCUT2D eigenvalue weighted by molar-refractivity contribution is 0.168. The summed E-state index contributed by atoms with van der Waals surface area (Å²) in [5, 5.41) is 3.15. The van der Waals surface area contributed by atoms with E-state index in [-0.39, 0.29) is 6.04 Å². The van der Waals surface area contributed by atoms with E-state index < -0.39 is 10.0 Å². The fraction of sp³-hybridized carbons (Fsp3) is 1.00. The van der Waals surface area contributed by atoms with Crippen LogP contribution < -0.4 is 5.32 Å². The molecule has 0 radical (unpaired) electrons. The Morgan fingerprint density at radius 1 is 1.57 bits per heavy atom. The Morgan fingerprint density at radius 2 is 2.29 bits per heavy atom. The summed E-state index contributed by atoms with van der Waals surface area (Å²) in [7, 11) is -1.53. The van der Waals surface area contributed by atoms with Crippen molar-refractivity contribution in [2.45, 2.75) is 12.5 Å². The predicted molar refractivity (Wildman–Crippen MR) is 54.7 cm³/mol. The molecule has 1 aliphatic heterocycles. The summed E-state index contributed by atoms with van der Waals surface area (Å²) in [6.07, 6.45) is 2.14. The van der Waals surface area contributed by atoms with Gasteiger partial charge in [0.05, 0.1) is 12.9 Å². The molecule has 0 saturated carbocycles. The first kappa shape index (κ1) is 11.9. The second-order valence-corrected chi connectivity index (χ2v) is 5.45. The van der Waals surface area contributed by atoms with Crippen LogP contribution in [0.5, 0.6) is 0 Å². The first-order valence-corrected chi connectivity index (χ1v) is 6.57. The number of sulfonamides is 1. The van der Waals surface area contributed by atoms with E-state index in [1.165, 1.54) is 10.6 Å². The van der Waals surface area contributed by atoms with Gasteiger partial charge in [-0.25, -0.2) is 8.42 Å². The van der Waals surface area contributed by atoms with Crippen molar-refractivity contribution >= 4 is 10.0 Å². The van der Waals surface area contributed by atoms with Crippen molar-refractivity contribution in [1.82, 2.24) is 9.62 Å². The number of hydrogen-bond acceptors (Lipinski definition) is 4. The molecule has 6 heteroatoms. The van der Waals surface area contributed by atoms with Gasteiger partial charge >= 0.3 is 0 Å². The Labute approximate surface area is 85.5 Å². The van der Waals surface area contributed by atoms with Gasteiger partial charge < -0.3 is 10.1 Å². The molecule has 1 rings (SSSR count). The van der Waals surface area contributed by atoms with Crippen LogP contribution in [0.1, 0.15) is 6.42 Å². The molecule has 5 nitrogen and oxygen atoms in total. The Kier molecular flexibility index (Phi) is 4.31. The van der Waals surface area contributed by atoms with Gasteiger partial charge in [-0.05, 0) is 13.0 Å². The number of methoxy groups -OCH3 is 1. The lowest BCUT2D eigenvalue weighted by atomic mass is 10.2. The standard InChI is InChI=1S/C8H18N2O3S/c1-13-6-5-10(14(2,11)12)8-3-4-9-7-8/h8-9H,3-7H2,1-2H3/t8-/m1/s1. The largest absolute Gasteiger partial charge is 0.383 e. The van der Waals surface area contributed by atoms with Crippen LogP contribution >= 0.6 is 0 Å². The Hall–Kier alpha value is -0.170. The van der Waals surface area contributed by atoms with E-state index in [1.807, 2.05) is 0 Å². The van der Waals surface area contributed by atoms with Gasteiger partial charge in [-0.1, -0.05) is 0 Å². The lowest BCUT2D eigenvalue weighted by Crippen LogP contribution is -2.42. The van der Waals surface area contributed by atoms with E-state index in [4.69, 9.17) is 4.74 Å². The molecule has 1 aliphatic rings. The molecule has 0 bridgehead atoms. The molecule has 14 heavy (non-hydrogen) atoms. The fourth-order valence-electron chi connectivity index (χ4n) is 1.69. The van der Waals surface area contributed by atoms with E-state index in [2.05, 4.69) is 5.32 Å². The number of rotatable bonds is 5. The van der Waals surface area contributed by atoms with Crippen molar-refractivity contribution in [2.24, 2.45) is 0 Å². The maximum absolute atomic E-state index is 11.5. The monoisotopic (exact) mass is 222 g/mol. The highest BCUT2D eigenvalue weighted by Gasteiger charge is 2.28. The highest BCUT2D eigenvalue weighted by molar-refractivity contribution is 7.88. The summed E-state index contributed by atoms with van der Waals surface area (Å²) >= 11 is 0. The number of nitrogens with one attached hydrogen (secondary N) is 1. The summed E-state index contributed by atoms with van der Waals surface area (Å²) < 4.78 is 29.4. The van der Waals surface area contributed by atoms with Gasteiger partial charge in [0.15, 0.2) is 0 Å². The highest BCUT2D eigenvalue weighted by atomic mass is 32.2. The Morgan fingerprint density at radius 3 is 2.71 bits per heavy atom. The Bertz CT molecular complexity index is 260. The molecule has 1 atom stereocenters. The summed E-state index contributed by atoms with van der Waals surface area (Å²) in [5.41, 5.74) is 0. The second kappa shape index (κ2) is 5.06. The quantitative estimate of drug-likeness (QED) is 0.665. The van der Waals surface area contributed by atoms with Crippen LogP contribution in [0.15, 0.2) is 0 Å². The van der Waals surface area contributed by atoms with Crippen LogP contribution in [0, 0.1) is 0 Å². The summed E-state index contributed by atoms with van der Waals surface area (Å²) in [6.45, 7) is 2.53. The molecule has 0 spiro atoms. The van der Waals surface area contributed by atoms with Gasteiger partial charge in [0.2, 0.25) is 10.0 Å². The molecule has 1 saturated heterocycles. The minimum atomic E-state index is -3.11. The lowest BCUT2D eigenvalue weighted by Gasteiger charge is -2.25. The molecule has 1 N–H and O–H groups in total. The van der Waals surface area contributed by atoms with Crippen LogP contribution in [-0.2, 0) is 14.8 Å². The first-order chi connectivity index (χ1) is 6.55. The molecule has 0 aliphatic carbocycles. The van der Waals surface area contributed by atoms with Gasteiger partial charge in [0.25, 0.3) is 0 Å². The van der Waals surface area contributed by atoms with Crippen molar-refractivity contribution in [3.63, 3.8) is 0 Å². The molecule has 0 unspecified atom stereocenters. The first-order valence-electron chi connectivity index (χ1n) is 4.72. The third-order valence-corrected chi connectivity index (χ3v) is 3.72. The van der Waals surface area contributed by atoms with Gasteiger partial charge in [0.1, 0.15) is 0 Å². The molecule has 0 aromatic rings. The maximum Gasteiger partial charge on any atom is 0.211 e.